The van der Waals surface area contributed by atoms with Crippen molar-refractivity contribution in [3.05, 3.63) is 54.1 Å². The van der Waals surface area contributed by atoms with Crippen LogP contribution in [0.15, 0.2) is 48.5 Å². The third-order valence-corrected chi connectivity index (χ3v) is 3.57. The van der Waals surface area contributed by atoms with E-state index in [1.165, 1.54) is 6.92 Å². The maximum atomic E-state index is 11.7. The Morgan fingerprint density at radius 3 is 2.42 bits per heavy atom. The van der Waals surface area contributed by atoms with Gasteiger partial charge in [0, 0.05) is 26.4 Å². The second kappa shape index (κ2) is 8.72. The summed E-state index contributed by atoms with van der Waals surface area (Å²) in [4.78, 5) is 22.4. The van der Waals surface area contributed by atoms with E-state index in [-0.39, 0.29) is 18.2 Å². The first-order valence-corrected chi connectivity index (χ1v) is 7.83. The van der Waals surface area contributed by atoms with Gasteiger partial charge in [0.1, 0.15) is 5.75 Å². The van der Waals surface area contributed by atoms with E-state index < -0.39 is 0 Å². The van der Waals surface area contributed by atoms with Crippen LogP contribution in [0.2, 0.25) is 0 Å². The molecule has 0 atom stereocenters. The van der Waals surface area contributed by atoms with E-state index in [2.05, 4.69) is 10.6 Å². The number of hydrogen-bond donors (Lipinski definition) is 2. The van der Waals surface area contributed by atoms with Gasteiger partial charge in [0.15, 0.2) is 0 Å². The molecule has 0 unspecified atom stereocenters. The van der Waals surface area contributed by atoms with Crippen LogP contribution in [-0.2, 0) is 16.1 Å². The fourth-order valence-electron chi connectivity index (χ4n) is 2.26. The van der Waals surface area contributed by atoms with Crippen LogP contribution in [0.5, 0.6) is 5.75 Å². The van der Waals surface area contributed by atoms with Crippen LogP contribution in [0.3, 0.4) is 0 Å². The van der Waals surface area contributed by atoms with Gasteiger partial charge < -0.3 is 15.4 Å². The predicted octanol–water partition coefficient (Wildman–Crippen LogP) is 2.50. The lowest BCUT2D eigenvalue weighted by atomic mass is 10.0. The fraction of sp³-hybridized carbons (Fsp3) is 0.263. The summed E-state index contributed by atoms with van der Waals surface area (Å²) < 4.78 is 5.24. The zero-order valence-electron chi connectivity index (χ0n) is 14.0. The third-order valence-electron chi connectivity index (χ3n) is 3.57. The average Bonchev–Trinajstić information content (AvgIpc) is 2.60. The number of nitrogens with one attached hydrogen (secondary N) is 2. The highest BCUT2D eigenvalue weighted by Gasteiger charge is 2.03. The first kappa shape index (κ1) is 17.5. The highest BCUT2D eigenvalue weighted by atomic mass is 16.5. The van der Waals surface area contributed by atoms with Crippen molar-refractivity contribution in [2.24, 2.45) is 0 Å². The molecular formula is C19H22N2O3. The summed E-state index contributed by atoms with van der Waals surface area (Å²) in [6, 6.07) is 15.9. The molecule has 0 aliphatic rings. The fourth-order valence-corrected chi connectivity index (χ4v) is 2.26. The lowest BCUT2D eigenvalue weighted by molar-refractivity contribution is -0.121. The van der Waals surface area contributed by atoms with Crippen molar-refractivity contribution in [3.8, 4) is 16.9 Å². The zero-order chi connectivity index (χ0) is 17.4. The quantitative estimate of drug-likeness (QED) is 0.821. The SMILES string of the molecule is COc1cccc(-c2ccc(CNC(=O)CCNC(C)=O)cc2)c1. The molecule has 0 aliphatic carbocycles. The molecule has 0 spiro atoms. The van der Waals surface area contributed by atoms with Gasteiger partial charge in [0.25, 0.3) is 0 Å². The van der Waals surface area contributed by atoms with E-state index in [9.17, 15) is 9.59 Å². The van der Waals surface area contributed by atoms with Crippen molar-refractivity contribution in [2.45, 2.75) is 19.9 Å². The van der Waals surface area contributed by atoms with Gasteiger partial charge in [-0.15, -0.1) is 0 Å². The molecule has 0 radical (unpaired) electrons. The number of methoxy groups -OCH3 is 1. The molecule has 0 saturated carbocycles. The van der Waals surface area contributed by atoms with Gasteiger partial charge in [-0.3, -0.25) is 9.59 Å². The first-order valence-electron chi connectivity index (χ1n) is 7.83. The minimum absolute atomic E-state index is 0.0828. The van der Waals surface area contributed by atoms with Crippen LogP contribution in [0.1, 0.15) is 18.9 Å². The second-order valence-corrected chi connectivity index (χ2v) is 5.44. The van der Waals surface area contributed by atoms with Gasteiger partial charge in [0.05, 0.1) is 7.11 Å². The Hall–Kier alpha value is -2.82. The lowest BCUT2D eigenvalue weighted by Gasteiger charge is -2.08. The summed E-state index contributed by atoms with van der Waals surface area (Å²) in [5, 5.41) is 5.44. The van der Waals surface area contributed by atoms with E-state index >= 15 is 0 Å². The first-order chi connectivity index (χ1) is 11.6. The Labute approximate surface area is 142 Å². The number of hydrogen-bond acceptors (Lipinski definition) is 3. The maximum absolute atomic E-state index is 11.7. The highest BCUT2D eigenvalue weighted by Crippen LogP contribution is 2.23. The van der Waals surface area contributed by atoms with Crippen molar-refractivity contribution in [1.29, 1.82) is 0 Å². The summed E-state index contributed by atoms with van der Waals surface area (Å²) in [5.41, 5.74) is 3.20. The van der Waals surface area contributed by atoms with Crippen molar-refractivity contribution in [3.63, 3.8) is 0 Å². The van der Waals surface area contributed by atoms with Gasteiger partial charge in [-0.1, -0.05) is 36.4 Å². The van der Waals surface area contributed by atoms with Gasteiger partial charge in [0.2, 0.25) is 11.8 Å². The molecule has 2 aromatic carbocycles. The van der Waals surface area contributed by atoms with E-state index in [1.807, 2.05) is 48.5 Å². The normalized spacial score (nSPS) is 10.1. The van der Waals surface area contributed by atoms with Crippen LogP contribution in [0.25, 0.3) is 11.1 Å². The molecule has 24 heavy (non-hydrogen) atoms. The van der Waals surface area contributed by atoms with Crippen LogP contribution in [0.4, 0.5) is 0 Å². The van der Waals surface area contributed by atoms with Crippen molar-refractivity contribution in [1.82, 2.24) is 10.6 Å². The molecule has 2 N–H and O–H groups in total. The molecule has 5 heteroatoms. The van der Waals surface area contributed by atoms with E-state index in [1.54, 1.807) is 7.11 Å². The molecule has 2 aromatic rings. The minimum atomic E-state index is -0.129. The van der Waals surface area contributed by atoms with Crippen molar-refractivity contribution >= 4 is 11.8 Å². The number of carbonyl (C=O) groups is 2. The van der Waals surface area contributed by atoms with E-state index in [0.717, 1.165) is 22.4 Å². The molecule has 126 valence electrons. The Kier molecular flexibility index (Phi) is 6.37. The predicted molar refractivity (Wildman–Crippen MR) is 93.6 cm³/mol. The number of ether oxygens (including phenoxy) is 1. The lowest BCUT2D eigenvalue weighted by Crippen LogP contribution is -2.29. The number of benzene rings is 2. The molecular weight excluding hydrogens is 304 g/mol. The summed E-state index contributed by atoms with van der Waals surface area (Å²) in [7, 11) is 1.65. The zero-order valence-corrected chi connectivity index (χ0v) is 14.0. The van der Waals surface area contributed by atoms with Gasteiger partial charge in [-0.25, -0.2) is 0 Å². The molecule has 0 aromatic heterocycles. The Morgan fingerprint density at radius 2 is 1.75 bits per heavy atom. The van der Waals surface area contributed by atoms with Crippen LogP contribution in [-0.4, -0.2) is 25.5 Å². The van der Waals surface area contributed by atoms with Crippen LogP contribution in [0, 0.1) is 0 Å². The minimum Gasteiger partial charge on any atom is -0.497 e. The monoisotopic (exact) mass is 326 g/mol. The molecule has 2 amide bonds. The Morgan fingerprint density at radius 1 is 1.00 bits per heavy atom. The summed E-state index contributed by atoms with van der Waals surface area (Å²) in [6.07, 6.45) is 0.279. The molecule has 0 bridgehead atoms. The van der Waals surface area contributed by atoms with E-state index in [4.69, 9.17) is 4.74 Å². The summed E-state index contributed by atoms with van der Waals surface area (Å²) in [5.74, 6) is 0.611. The van der Waals surface area contributed by atoms with E-state index in [0.29, 0.717) is 13.1 Å². The van der Waals surface area contributed by atoms with Gasteiger partial charge in [-0.2, -0.15) is 0 Å². The topological polar surface area (TPSA) is 67.4 Å². The average molecular weight is 326 g/mol. The summed E-state index contributed by atoms with van der Waals surface area (Å²) in [6.45, 7) is 2.26. The number of amides is 2. The van der Waals surface area contributed by atoms with Gasteiger partial charge in [-0.05, 0) is 28.8 Å². The largest absolute Gasteiger partial charge is 0.497 e. The number of carbonyl (C=O) groups excluding carboxylic acids is 2. The third kappa shape index (κ3) is 5.43. The standard InChI is InChI=1S/C19H22N2O3/c1-14(22)20-11-10-19(23)21-13-15-6-8-16(9-7-15)17-4-3-5-18(12-17)24-2/h3-9,12H,10-11,13H2,1-2H3,(H,20,22)(H,21,23). The molecule has 2 rings (SSSR count). The van der Waals surface area contributed by atoms with Crippen molar-refractivity contribution < 1.29 is 14.3 Å². The van der Waals surface area contributed by atoms with Gasteiger partial charge >= 0.3 is 0 Å². The molecule has 0 aliphatic heterocycles. The molecule has 5 nitrogen and oxygen atoms in total. The van der Waals surface area contributed by atoms with Crippen molar-refractivity contribution in [2.75, 3.05) is 13.7 Å². The maximum Gasteiger partial charge on any atom is 0.222 e. The highest BCUT2D eigenvalue weighted by molar-refractivity contribution is 5.77. The molecule has 0 fully saturated rings. The smallest absolute Gasteiger partial charge is 0.222 e. The Bertz CT molecular complexity index is 696. The molecule has 0 heterocycles. The van der Waals surface area contributed by atoms with Crippen LogP contribution < -0.4 is 15.4 Å². The second-order valence-electron chi connectivity index (χ2n) is 5.44. The molecule has 0 saturated heterocycles. The number of rotatable bonds is 7. The van der Waals surface area contributed by atoms with Crippen LogP contribution >= 0.6 is 0 Å². The Balaban J connectivity index is 1.87. The summed E-state index contributed by atoms with van der Waals surface area (Å²) >= 11 is 0.